The second-order valence-corrected chi connectivity index (χ2v) is 4.82. The molecule has 7 nitrogen and oxygen atoms in total. The standard InChI is InChI=1S/C15H21N3O4/c1-4-8-16-15(21)17-13(19)10-22-14(20)11-6-5-7-12(9-11)18(2)3/h5-7,9H,4,8,10H2,1-3H3,(H2,16,17,19,21). The lowest BCUT2D eigenvalue weighted by molar-refractivity contribution is -0.123. The SMILES string of the molecule is CCCNC(=O)NC(=O)COC(=O)c1cccc(N(C)C)c1. The summed E-state index contributed by atoms with van der Waals surface area (Å²) in [4.78, 5) is 36.4. The van der Waals surface area contributed by atoms with Crippen LogP contribution >= 0.6 is 0 Å². The number of anilines is 1. The van der Waals surface area contributed by atoms with Crippen LogP contribution in [-0.2, 0) is 9.53 Å². The highest BCUT2D eigenvalue weighted by Gasteiger charge is 2.12. The third kappa shape index (κ3) is 5.82. The number of imide groups is 1. The zero-order chi connectivity index (χ0) is 16.5. The zero-order valence-electron chi connectivity index (χ0n) is 13.0. The molecule has 7 heteroatoms. The van der Waals surface area contributed by atoms with Crippen molar-refractivity contribution in [3.63, 3.8) is 0 Å². The van der Waals surface area contributed by atoms with Crippen LogP contribution in [0.2, 0.25) is 0 Å². The Bertz CT molecular complexity index is 543. The molecule has 2 N–H and O–H groups in total. The van der Waals surface area contributed by atoms with Gasteiger partial charge in [0.15, 0.2) is 6.61 Å². The van der Waals surface area contributed by atoms with E-state index in [1.54, 1.807) is 18.2 Å². The van der Waals surface area contributed by atoms with Gasteiger partial charge in [-0.15, -0.1) is 0 Å². The Labute approximate surface area is 129 Å². The normalized spacial score (nSPS) is 9.77. The molecule has 0 atom stereocenters. The fourth-order valence-corrected chi connectivity index (χ4v) is 1.57. The summed E-state index contributed by atoms with van der Waals surface area (Å²) in [6.07, 6.45) is 0.763. The molecular formula is C15H21N3O4. The smallest absolute Gasteiger partial charge is 0.338 e. The van der Waals surface area contributed by atoms with E-state index in [0.29, 0.717) is 12.1 Å². The van der Waals surface area contributed by atoms with Gasteiger partial charge >= 0.3 is 12.0 Å². The molecule has 0 heterocycles. The Morgan fingerprint density at radius 2 is 1.95 bits per heavy atom. The van der Waals surface area contributed by atoms with Crippen molar-refractivity contribution in [2.75, 3.05) is 32.1 Å². The van der Waals surface area contributed by atoms with Crippen LogP contribution in [0.15, 0.2) is 24.3 Å². The van der Waals surface area contributed by atoms with Crippen LogP contribution in [0.3, 0.4) is 0 Å². The summed E-state index contributed by atoms with van der Waals surface area (Å²) in [7, 11) is 3.71. The van der Waals surface area contributed by atoms with Gasteiger partial charge in [-0.05, 0) is 24.6 Å². The number of ether oxygens (including phenoxy) is 1. The van der Waals surface area contributed by atoms with Crippen molar-refractivity contribution in [1.29, 1.82) is 0 Å². The van der Waals surface area contributed by atoms with Crippen LogP contribution in [0.1, 0.15) is 23.7 Å². The molecule has 0 aliphatic rings. The van der Waals surface area contributed by atoms with Gasteiger partial charge in [0, 0.05) is 26.3 Å². The number of benzene rings is 1. The molecule has 1 aromatic rings. The number of nitrogens with one attached hydrogen (secondary N) is 2. The van der Waals surface area contributed by atoms with Crippen molar-refractivity contribution in [3.8, 4) is 0 Å². The lowest BCUT2D eigenvalue weighted by Gasteiger charge is -2.13. The first-order valence-electron chi connectivity index (χ1n) is 6.96. The molecule has 0 saturated heterocycles. The number of amides is 3. The quantitative estimate of drug-likeness (QED) is 0.770. The van der Waals surface area contributed by atoms with Gasteiger partial charge < -0.3 is 15.0 Å². The minimum absolute atomic E-state index is 0.342. The molecular weight excluding hydrogens is 286 g/mol. The van der Waals surface area contributed by atoms with Crippen molar-refractivity contribution in [3.05, 3.63) is 29.8 Å². The van der Waals surface area contributed by atoms with Crippen LogP contribution in [0.4, 0.5) is 10.5 Å². The van der Waals surface area contributed by atoms with E-state index in [9.17, 15) is 14.4 Å². The Morgan fingerprint density at radius 3 is 2.59 bits per heavy atom. The third-order valence-corrected chi connectivity index (χ3v) is 2.72. The van der Waals surface area contributed by atoms with Crippen molar-refractivity contribution < 1.29 is 19.1 Å². The maximum atomic E-state index is 11.9. The Balaban J connectivity index is 2.47. The summed E-state index contributed by atoms with van der Waals surface area (Å²) < 4.78 is 4.88. The molecule has 0 bridgehead atoms. The second kappa shape index (κ2) is 8.66. The molecule has 0 aliphatic carbocycles. The Morgan fingerprint density at radius 1 is 1.23 bits per heavy atom. The number of nitrogens with zero attached hydrogens (tertiary/aromatic N) is 1. The number of hydrogen-bond donors (Lipinski definition) is 2. The van der Waals surface area contributed by atoms with Gasteiger partial charge in [0.05, 0.1) is 5.56 Å². The van der Waals surface area contributed by atoms with E-state index < -0.39 is 24.5 Å². The maximum absolute atomic E-state index is 11.9. The van der Waals surface area contributed by atoms with Crippen LogP contribution in [0.5, 0.6) is 0 Å². The second-order valence-electron chi connectivity index (χ2n) is 4.82. The predicted octanol–water partition coefficient (Wildman–Crippen LogP) is 1.15. The molecule has 0 aromatic heterocycles. The summed E-state index contributed by atoms with van der Waals surface area (Å²) in [6, 6.07) is 6.23. The van der Waals surface area contributed by atoms with Crippen molar-refractivity contribution >= 4 is 23.6 Å². The molecule has 0 radical (unpaired) electrons. The maximum Gasteiger partial charge on any atom is 0.338 e. The van der Waals surface area contributed by atoms with Crippen LogP contribution in [0, 0.1) is 0 Å². The first-order valence-corrected chi connectivity index (χ1v) is 6.96. The molecule has 1 rings (SSSR count). The number of hydrogen-bond acceptors (Lipinski definition) is 5. The summed E-state index contributed by atoms with van der Waals surface area (Å²) in [5, 5.41) is 4.56. The van der Waals surface area contributed by atoms with Crippen molar-refractivity contribution in [1.82, 2.24) is 10.6 Å². The van der Waals surface area contributed by atoms with E-state index in [-0.39, 0.29) is 0 Å². The van der Waals surface area contributed by atoms with Crippen LogP contribution in [-0.4, -0.2) is 45.2 Å². The highest BCUT2D eigenvalue weighted by Crippen LogP contribution is 2.14. The highest BCUT2D eigenvalue weighted by molar-refractivity contribution is 5.97. The van der Waals surface area contributed by atoms with E-state index in [4.69, 9.17) is 4.74 Å². The first kappa shape index (κ1) is 17.5. The van der Waals surface area contributed by atoms with Crippen molar-refractivity contribution in [2.24, 2.45) is 0 Å². The molecule has 0 spiro atoms. The van der Waals surface area contributed by atoms with Crippen LogP contribution < -0.4 is 15.5 Å². The van der Waals surface area contributed by atoms with E-state index in [1.165, 1.54) is 0 Å². The minimum atomic E-state index is -0.675. The Hall–Kier alpha value is -2.57. The molecule has 0 unspecified atom stereocenters. The molecule has 120 valence electrons. The van der Waals surface area contributed by atoms with E-state index in [1.807, 2.05) is 32.0 Å². The highest BCUT2D eigenvalue weighted by atomic mass is 16.5. The van der Waals surface area contributed by atoms with E-state index >= 15 is 0 Å². The molecule has 3 amide bonds. The lowest BCUT2D eigenvalue weighted by atomic mass is 10.2. The molecule has 22 heavy (non-hydrogen) atoms. The van der Waals surface area contributed by atoms with E-state index in [2.05, 4.69) is 10.6 Å². The number of urea groups is 1. The minimum Gasteiger partial charge on any atom is -0.452 e. The lowest BCUT2D eigenvalue weighted by Crippen LogP contribution is -2.41. The zero-order valence-corrected chi connectivity index (χ0v) is 13.0. The average Bonchev–Trinajstić information content (AvgIpc) is 2.50. The number of carbonyl (C=O) groups is 3. The van der Waals surface area contributed by atoms with E-state index in [0.717, 1.165) is 12.1 Å². The van der Waals surface area contributed by atoms with Crippen LogP contribution in [0.25, 0.3) is 0 Å². The van der Waals surface area contributed by atoms with Gasteiger partial charge in [-0.2, -0.15) is 0 Å². The predicted molar refractivity (Wildman–Crippen MR) is 82.9 cm³/mol. The van der Waals surface area contributed by atoms with Gasteiger partial charge in [0.25, 0.3) is 5.91 Å². The fourth-order valence-electron chi connectivity index (χ4n) is 1.57. The summed E-state index contributed by atoms with van der Waals surface area (Å²) in [6.45, 7) is 1.85. The molecule has 0 aliphatic heterocycles. The number of rotatable bonds is 6. The molecule has 1 aromatic carbocycles. The summed E-state index contributed by atoms with van der Waals surface area (Å²) >= 11 is 0. The number of carbonyl (C=O) groups excluding carboxylic acids is 3. The van der Waals surface area contributed by atoms with Gasteiger partial charge in [-0.3, -0.25) is 10.1 Å². The topological polar surface area (TPSA) is 87.7 Å². The first-order chi connectivity index (χ1) is 10.4. The van der Waals surface area contributed by atoms with Gasteiger partial charge in [0.2, 0.25) is 0 Å². The summed E-state index contributed by atoms with van der Waals surface area (Å²) in [5.74, 6) is -1.29. The average molecular weight is 307 g/mol. The fraction of sp³-hybridized carbons (Fsp3) is 0.400. The summed E-state index contributed by atoms with van der Waals surface area (Å²) in [5.41, 5.74) is 1.19. The third-order valence-electron chi connectivity index (χ3n) is 2.72. The van der Waals surface area contributed by atoms with Gasteiger partial charge in [-0.25, -0.2) is 9.59 Å². The number of esters is 1. The van der Waals surface area contributed by atoms with Gasteiger partial charge in [0.1, 0.15) is 0 Å². The van der Waals surface area contributed by atoms with Crippen molar-refractivity contribution in [2.45, 2.75) is 13.3 Å². The Kier molecular flexibility index (Phi) is 6.88. The monoisotopic (exact) mass is 307 g/mol. The molecule has 0 saturated carbocycles. The largest absolute Gasteiger partial charge is 0.452 e. The molecule has 0 fully saturated rings. The van der Waals surface area contributed by atoms with Gasteiger partial charge in [-0.1, -0.05) is 13.0 Å².